The summed E-state index contributed by atoms with van der Waals surface area (Å²) in [5.74, 6) is -0.758. The fourth-order valence-electron chi connectivity index (χ4n) is 5.15. The number of rotatable bonds is 12. The van der Waals surface area contributed by atoms with Crippen LogP contribution in [0.3, 0.4) is 0 Å². The van der Waals surface area contributed by atoms with Gasteiger partial charge < -0.3 is 14.1 Å². The number of nitrogens with zero attached hydrogens (tertiary/aromatic N) is 3. The second-order valence-corrected chi connectivity index (χ2v) is 10.7. The topological polar surface area (TPSA) is 90.2 Å². The first-order valence-electron chi connectivity index (χ1n) is 14.1. The van der Waals surface area contributed by atoms with E-state index in [9.17, 15) is 14.4 Å². The predicted octanol–water partition coefficient (Wildman–Crippen LogP) is 6.00. The van der Waals surface area contributed by atoms with Crippen molar-refractivity contribution in [1.82, 2.24) is 9.47 Å². The van der Waals surface area contributed by atoms with E-state index in [4.69, 9.17) is 9.57 Å². The maximum absolute atomic E-state index is 13.9. The van der Waals surface area contributed by atoms with Crippen molar-refractivity contribution >= 4 is 34.2 Å². The molecular weight excluding hydrogens is 506 g/mol. The first kappa shape index (κ1) is 29.4. The highest BCUT2D eigenvalue weighted by Crippen LogP contribution is 2.30. The molecule has 1 aliphatic heterocycles. The summed E-state index contributed by atoms with van der Waals surface area (Å²) in [5.41, 5.74) is 2.43. The number of oxime groups is 1. The molecule has 8 heteroatoms. The minimum atomic E-state index is -0.677. The number of hydrogen-bond donors (Lipinski definition) is 0. The van der Waals surface area contributed by atoms with E-state index in [2.05, 4.69) is 17.0 Å². The molecule has 0 amide bonds. The molecule has 0 saturated carbocycles. The number of carbonyl (C=O) groups excluding carboxylic acids is 3. The van der Waals surface area contributed by atoms with Crippen molar-refractivity contribution < 1.29 is 24.0 Å². The maximum atomic E-state index is 13.9. The summed E-state index contributed by atoms with van der Waals surface area (Å²) >= 11 is 0. The van der Waals surface area contributed by atoms with Gasteiger partial charge in [0.15, 0.2) is 5.78 Å². The lowest BCUT2D eigenvalue weighted by molar-refractivity contribution is -0.140. The van der Waals surface area contributed by atoms with Crippen LogP contribution in [0.25, 0.3) is 16.6 Å². The number of para-hydroxylation sites is 1. The Bertz CT molecular complexity index is 1380. The maximum Gasteiger partial charge on any atom is 0.331 e. The molecule has 40 heavy (non-hydrogen) atoms. The Morgan fingerprint density at radius 3 is 2.35 bits per heavy atom. The lowest BCUT2D eigenvalue weighted by atomic mass is 9.90. The molecule has 0 spiro atoms. The summed E-state index contributed by atoms with van der Waals surface area (Å²) in [6.07, 6.45) is 6.27. The van der Waals surface area contributed by atoms with Gasteiger partial charge in [-0.2, -0.15) is 0 Å². The van der Waals surface area contributed by atoms with Gasteiger partial charge in [-0.1, -0.05) is 49.5 Å². The van der Waals surface area contributed by atoms with Crippen LogP contribution in [-0.2, 0) is 14.4 Å². The zero-order valence-electron chi connectivity index (χ0n) is 23.9. The summed E-state index contributed by atoms with van der Waals surface area (Å²) in [7, 11) is 0. The molecule has 0 aliphatic carbocycles. The van der Waals surface area contributed by atoms with Crippen molar-refractivity contribution in [2.45, 2.75) is 65.3 Å². The molecule has 4 rings (SSSR count). The quantitative estimate of drug-likeness (QED) is 0.0912. The summed E-state index contributed by atoms with van der Waals surface area (Å²) in [6.45, 7) is 10.0. The first-order chi connectivity index (χ1) is 19.2. The molecule has 8 nitrogen and oxygen atoms in total. The van der Waals surface area contributed by atoms with Crippen LogP contribution in [0.5, 0.6) is 0 Å². The van der Waals surface area contributed by atoms with Gasteiger partial charge in [-0.25, -0.2) is 4.79 Å². The van der Waals surface area contributed by atoms with Gasteiger partial charge in [0.05, 0.1) is 24.3 Å². The normalized spacial score (nSPS) is 14.8. The number of ether oxygens (including phenoxy) is 1. The first-order valence-corrected chi connectivity index (χ1v) is 14.1. The van der Waals surface area contributed by atoms with Crippen molar-refractivity contribution in [3.8, 4) is 5.69 Å². The van der Waals surface area contributed by atoms with Gasteiger partial charge >= 0.3 is 5.97 Å². The third-order valence-electron chi connectivity index (χ3n) is 7.54. The number of morpholine rings is 1. The molecule has 2 aromatic carbocycles. The highest BCUT2D eigenvalue weighted by atomic mass is 16.7. The minimum Gasteiger partial charge on any atom is -0.379 e. The molecule has 1 saturated heterocycles. The van der Waals surface area contributed by atoms with Crippen molar-refractivity contribution in [2.75, 3.05) is 26.3 Å². The fourth-order valence-corrected chi connectivity index (χ4v) is 5.15. The molecule has 0 N–H and O–H groups in total. The standard InChI is InChI=1S/C32H39N3O5/c1-5-6-7-8-12-28(33-40-23(2)36)30(37)24-14-16-25(17-15-24)35-22-27(26-11-9-10-13-29(26)35)31(38)32(3,4)34-18-20-39-21-19-34/h9-11,13-17,22H,5-8,12,18-21H2,1-4H3/b33-28+. The highest BCUT2D eigenvalue weighted by Gasteiger charge is 2.37. The van der Waals surface area contributed by atoms with E-state index in [0.717, 1.165) is 42.3 Å². The van der Waals surface area contributed by atoms with Crippen LogP contribution in [-0.4, -0.2) is 64.6 Å². The Kier molecular flexibility index (Phi) is 9.66. The van der Waals surface area contributed by atoms with Gasteiger partial charge in [0.2, 0.25) is 5.78 Å². The third kappa shape index (κ3) is 6.57. The Morgan fingerprint density at radius 2 is 1.68 bits per heavy atom. The van der Waals surface area contributed by atoms with Crippen molar-refractivity contribution in [2.24, 2.45) is 5.16 Å². The van der Waals surface area contributed by atoms with Crippen LogP contribution in [0.2, 0.25) is 0 Å². The Labute approximate surface area is 235 Å². The van der Waals surface area contributed by atoms with Crippen LogP contribution in [0.1, 0.15) is 80.5 Å². The van der Waals surface area contributed by atoms with Gasteiger partial charge in [0.25, 0.3) is 0 Å². The number of benzene rings is 2. The average molecular weight is 546 g/mol. The summed E-state index contributed by atoms with van der Waals surface area (Å²) in [5, 5.41) is 4.75. The van der Waals surface area contributed by atoms with Crippen LogP contribution in [0.4, 0.5) is 0 Å². The molecular formula is C32H39N3O5. The van der Waals surface area contributed by atoms with Gasteiger partial charge in [0.1, 0.15) is 5.71 Å². The van der Waals surface area contributed by atoms with Crippen molar-refractivity contribution in [3.63, 3.8) is 0 Å². The SMILES string of the molecule is CCCCCC/C(=N\OC(C)=O)C(=O)c1ccc(-n2cc(C(=O)C(C)(C)N3CCOCC3)c3ccccc32)cc1. The van der Waals surface area contributed by atoms with Gasteiger partial charge in [0, 0.05) is 48.4 Å². The predicted molar refractivity (Wildman–Crippen MR) is 156 cm³/mol. The molecule has 1 aliphatic rings. The summed E-state index contributed by atoms with van der Waals surface area (Å²) in [6, 6.07) is 15.1. The van der Waals surface area contributed by atoms with E-state index in [0.29, 0.717) is 43.9 Å². The molecule has 0 radical (unpaired) electrons. The minimum absolute atomic E-state index is 0.0607. The number of Topliss-reactive ketones (excluding diaryl/α,β-unsaturated/α-hetero) is 2. The van der Waals surface area contributed by atoms with E-state index in [1.54, 1.807) is 12.1 Å². The second-order valence-electron chi connectivity index (χ2n) is 10.7. The second kappa shape index (κ2) is 13.2. The molecule has 1 aromatic heterocycles. The van der Waals surface area contributed by atoms with Gasteiger partial charge in [-0.05, 0) is 57.0 Å². The van der Waals surface area contributed by atoms with Crippen molar-refractivity contribution in [1.29, 1.82) is 0 Å². The lowest BCUT2D eigenvalue weighted by Gasteiger charge is -2.39. The monoisotopic (exact) mass is 545 g/mol. The van der Waals surface area contributed by atoms with Crippen LogP contribution < -0.4 is 0 Å². The Hall–Kier alpha value is -3.62. The van der Waals surface area contributed by atoms with Crippen LogP contribution >= 0.6 is 0 Å². The zero-order chi connectivity index (χ0) is 28.7. The van der Waals surface area contributed by atoms with E-state index in [-0.39, 0.29) is 17.3 Å². The van der Waals surface area contributed by atoms with Crippen LogP contribution in [0.15, 0.2) is 59.9 Å². The highest BCUT2D eigenvalue weighted by molar-refractivity contribution is 6.45. The molecule has 212 valence electrons. The number of unbranched alkanes of at least 4 members (excludes halogenated alkanes) is 3. The molecule has 1 fully saturated rings. The van der Waals surface area contributed by atoms with E-state index in [1.807, 2.05) is 61.0 Å². The smallest absolute Gasteiger partial charge is 0.331 e. The Balaban J connectivity index is 1.62. The zero-order valence-corrected chi connectivity index (χ0v) is 23.9. The van der Waals surface area contributed by atoms with E-state index < -0.39 is 11.5 Å². The van der Waals surface area contributed by atoms with Crippen LogP contribution in [0, 0.1) is 0 Å². The number of carbonyl (C=O) groups is 3. The largest absolute Gasteiger partial charge is 0.379 e. The third-order valence-corrected chi connectivity index (χ3v) is 7.54. The molecule has 3 aromatic rings. The molecule has 0 atom stereocenters. The average Bonchev–Trinajstić information content (AvgIpc) is 3.36. The number of hydrogen-bond acceptors (Lipinski definition) is 7. The number of aromatic nitrogens is 1. The molecule has 2 heterocycles. The summed E-state index contributed by atoms with van der Waals surface area (Å²) < 4.78 is 7.49. The lowest BCUT2D eigenvalue weighted by Crippen LogP contribution is -2.54. The Morgan fingerprint density at radius 1 is 0.975 bits per heavy atom. The molecule has 0 bridgehead atoms. The number of ketones is 2. The van der Waals surface area contributed by atoms with Crippen molar-refractivity contribution in [3.05, 3.63) is 65.9 Å². The van der Waals surface area contributed by atoms with Gasteiger partial charge in [-0.15, -0.1) is 0 Å². The fraction of sp³-hybridized carbons (Fsp3) is 0.438. The summed E-state index contributed by atoms with van der Waals surface area (Å²) in [4.78, 5) is 45.5. The van der Waals surface area contributed by atoms with Gasteiger partial charge in [-0.3, -0.25) is 14.5 Å². The van der Waals surface area contributed by atoms with E-state index >= 15 is 0 Å². The van der Waals surface area contributed by atoms with E-state index in [1.165, 1.54) is 6.92 Å². The number of fused-ring (bicyclic) bond motifs is 1. The molecule has 0 unspecified atom stereocenters.